The van der Waals surface area contributed by atoms with Crippen molar-refractivity contribution in [3.8, 4) is 0 Å². The van der Waals surface area contributed by atoms with Crippen molar-refractivity contribution in [3.63, 3.8) is 0 Å². The summed E-state index contributed by atoms with van der Waals surface area (Å²) in [4.78, 5) is 4.02. The second kappa shape index (κ2) is 5.00. The maximum absolute atomic E-state index is 12.6. The number of sulfonamides is 1. The molecule has 0 atom stereocenters. The summed E-state index contributed by atoms with van der Waals surface area (Å²) >= 11 is 0. The van der Waals surface area contributed by atoms with Crippen LogP contribution in [0, 0.1) is 5.41 Å². The van der Waals surface area contributed by atoms with Crippen molar-refractivity contribution in [1.82, 2.24) is 9.29 Å². The zero-order valence-electron chi connectivity index (χ0n) is 11.6. The van der Waals surface area contributed by atoms with E-state index in [9.17, 15) is 8.42 Å². The third-order valence-corrected chi connectivity index (χ3v) is 6.81. The number of piperidine rings is 1. The summed E-state index contributed by atoms with van der Waals surface area (Å²) in [5.74, 6) is 0.0913. The van der Waals surface area contributed by atoms with E-state index in [0.29, 0.717) is 18.5 Å². The van der Waals surface area contributed by atoms with Crippen LogP contribution in [0.4, 0.5) is 5.82 Å². The van der Waals surface area contributed by atoms with Gasteiger partial charge < -0.3 is 5.73 Å². The van der Waals surface area contributed by atoms with Crippen LogP contribution in [-0.2, 0) is 10.0 Å². The molecule has 1 aliphatic heterocycles. The highest BCUT2D eigenvalue weighted by atomic mass is 32.2. The maximum Gasteiger partial charge on any atom is 0.246 e. The molecule has 1 saturated carbocycles. The van der Waals surface area contributed by atoms with Crippen molar-refractivity contribution in [3.05, 3.63) is 18.3 Å². The van der Waals surface area contributed by atoms with E-state index >= 15 is 0 Å². The van der Waals surface area contributed by atoms with Gasteiger partial charge in [-0.1, -0.05) is 12.8 Å². The third-order valence-electron chi connectivity index (χ3n) is 4.86. The molecule has 0 radical (unpaired) electrons. The number of pyridine rings is 1. The van der Waals surface area contributed by atoms with Gasteiger partial charge in [0.2, 0.25) is 10.0 Å². The number of nitrogen functional groups attached to an aromatic ring is 1. The van der Waals surface area contributed by atoms with Gasteiger partial charge in [0, 0.05) is 19.3 Å². The van der Waals surface area contributed by atoms with E-state index in [2.05, 4.69) is 4.98 Å². The number of hydrogen-bond donors (Lipinski definition) is 1. The van der Waals surface area contributed by atoms with E-state index in [1.54, 1.807) is 10.4 Å². The lowest BCUT2D eigenvalue weighted by molar-refractivity contribution is 0.160. The van der Waals surface area contributed by atoms with Gasteiger partial charge in [-0.25, -0.2) is 13.4 Å². The third kappa shape index (κ3) is 2.31. The van der Waals surface area contributed by atoms with E-state index < -0.39 is 10.0 Å². The fourth-order valence-electron chi connectivity index (χ4n) is 3.59. The molecule has 1 spiro atoms. The van der Waals surface area contributed by atoms with Crippen molar-refractivity contribution >= 4 is 15.8 Å². The van der Waals surface area contributed by atoms with Crippen molar-refractivity contribution in [2.24, 2.45) is 5.41 Å². The molecular weight excluding hydrogens is 274 g/mol. The summed E-state index contributed by atoms with van der Waals surface area (Å²) in [6.07, 6.45) is 8.58. The SMILES string of the molecule is Nc1ncccc1S(=O)(=O)N1CCC2(CCCC2)CC1. The number of anilines is 1. The molecule has 5 nitrogen and oxygen atoms in total. The van der Waals surface area contributed by atoms with Crippen LogP contribution in [0.15, 0.2) is 23.2 Å². The molecule has 1 aromatic rings. The lowest BCUT2D eigenvalue weighted by atomic mass is 9.78. The number of rotatable bonds is 2. The quantitative estimate of drug-likeness (QED) is 0.905. The Bertz CT molecular complexity index is 584. The highest BCUT2D eigenvalue weighted by Gasteiger charge is 2.40. The predicted molar refractivity (Wildman–Crippen MR) is 77.5 cm³/mol. The minimum absolute atomic E-state index is 0.0913. The second-order valence-electron chi connectivity index (χ2n) is 6.00. The zero-order valence-corrected chi connectivity index (χ0v) is 12.4. The molecule has 2 fully saturated rings. The van der Waals surface area contributed by atoms with Crippen LogP contribution in [0.2, 0.25) is 0 Å². The molecule has 1 aromatic heterocycles. The molecular formula is C14H21N3O2S. The number of hydrogen-bond acceptors (Lipinski definition) is 4. The smallest absolute Gasteiger partial charge is 0.246 e. The Hall–Kier alpha value is -1.14. The van der Waals surface area contributed by atoms with Crippen molar-refractivity contribution in [1.29, 1.82) is 0 Å². The van der Waals surface area contributed by atoms with Gasteiger partial charge >= 0.3 is 0 Å². The second-order valence-corrected chi connectivity index (χ2v) is 7.90. The average Bonchev–Trinajstić information content (AvgIpc) is 2.88. The molecule has 0 bridgehead atoms. The van der Waals surface area contributed by atoms with Crippen LogP contribution in [0.3, 0.4) is 0 Å². The molecule has 3 rings (SSSR count). The lowest BCUT2D eigenvalue weighted by Gasteiger charge is -2.38. The Labute approximate surface area is 120 Å². The summed E-state index contributed by atoms with van der Waals surface area (Å²) in [5, 5.41) is 0. The minimum Gasteiger partial charge on any atom is -0.383 e. The Morgan fingerprint density at radius 3 is 2.40 bits per heavy atom. The summed E-state index contributed by atoms with van der Waals surface area (Å²) < 4.78 is 26.8. The van der Waals surface area contributed by atoms with Crippen LogP contribution in [0.5, 0.6) is 0 Å². The van der Waals surface area contributed by atoms with Gasteiger partial charge in [0.05, 0.1) is 0 Å². The minimum atomic E-state index is -3.49. The zero-order chi connectivity index (χ0) is 14.2. The lowest BCUT2D eigenvalue weighted by Crippen LogP contribution is -2.42. The van der Waals surface area contributed by atoms with Gasteiger partial charge in [-0.15, -0.1) is 0 Å². The Balaban J connectivity index is 1.79. The number of aromatic nitrogens is 1. The predicted octanol–water partition coefficient (Wildman–Crippen LogP) is 2.01. The molecule has 6 heteroatoms. The van der Waals surface area contributed by atoms with E-state index in [1.807, 2.05) is 0 Å². The van der Waals surface area contributed by atoms with Crippen LogP contribution in [-0.4, -0.2) is 30.8 Å². The average molecular weight is 295 g/mol. The monoisotopic (exact) mass is 295 g/mol. The largest absolute Gasteiger partial charge is 0.383 e. The van der Waals surface area contributed by atoms with Gasteiger partial charge in [0.25, 0.3) is 0 Å². The standard InChI is InChI=1S/C14H21N3O2S/c15-13-12(4-3-9-16-13)20(18,19)17-10-7-14(8-11-17)5-1-2-6-14/h3-4,9H,1-2,5-8,10-11H2,(H2,15,16). The molecule has 1 aliphatic carbocycles. The van der Waals surface area contributed by atoms with Gasteiger partial charge in [-0.05, 0) is 43.2 Å². The van der Waals surface area contributed by atoms with E-state index in [4.69, 9.17) is 5.73 Å². The van der Waals surface area contributed by atoms with E-state index in [0.717, 1.165) is 12.8 Å². The first-order valence-corrected chi connectivity index (χ1v) is 8.68. The molecule has 2 N–H and O–H groups in total. The summed E-state index contributed by atoms with van der Waals surface area (Å²) in [6.45, 7) is 1.22. The first-order valence-electron chi connectivity index (χ1n) is 7.24. The topological polar surface area (TPSA) is 76.3 Å². The molecule has 0 unspecified atom stereocenters. The van der Waals surface area contributed by atoms with Crippen LogP contribution in [0.1, 0.15) is 38.5 Å². The van der Waals surface area contributed by atoms with Crippen molar-refractivity contribution in [2.45, 2.75) is 43.4 Å². The van der Waals surface area contributed by atoms with Crippen molar-refractivity contribution in [2.75, 3.05) is 18.8 Å². The summed E-state index contributed by atoms with van der Waals surface area (Å²) in [5.41, 5.74) is 6.12. The summed E-state index contributed by atoms with van der Waals surface area (Å²) in [6, 6.07) is 3.16. The molecule has 2 aliphatic rings. The fraction of sp³-hybridized carbons (Fsp3) is 0.643. The Kier molecular flexibility index (Phi) is 3.46. The van der Waals surface area contributed by atoms with Crippen molar-refractivity contribution < 1.29 is 8.42 Å². The molecule has 20 heavy (non-hydrogen) atoms. The van der Waals surface area contributed by atoms with Crippen LogP contribution < -0.4 is 5.73 Å². The summed E-state index contributed by atoms with van der Waals surface area (Å²) in [7, 11) is -3.49. The molecule has 1 saturated heterocycles. The molecule has 0 aromatic carbocycles. The van der Waals surface area contributed by atoms with Gasteiger partial charge in [-0.3, -0.25) is 0 Å². The molecule has 110 valence electrons. The number of nitrogens with two attached hydrogens (primary N) is 1. The van der Waals surface area contributed by atoms with Crippen LogP contribution in [0.25, 0.3) is 0 Å². The first-order chi connectivity index (χ1) is 9.54. The van der Waals surface area contributed by atoms with Gasteiger partial charge in [0.15, 0.2) is 0 Å². The highest BCUT2D eigenvalue weighted by Crippen LogP contribution is 2.46. The maximum atomic E-state index is 12.6. The van der Waals surface area contributed by atoms with E-state index in [-0.39, 0.29) is 10.7 Å². The van der Waals surface area contributed by atoms with Gasteiger partial charge in [-0.2, -0.15) is 4.31 Å². The normalized spacial score (nSPS) is 23.2. The van der Waals surface area contributed by atoms with E-state index in [1.165, 1.54) is 37.9 Å². The Morgan fingerprint density at radius 2 is 1.80 bits per heavy atom. The van der Waals surface area contributed by atoms with Crippen LogP contribution >= 0.6 is 0 Å². The Morgan fingerprint density at radius 1 is 1.15 bits per heavy atom. The fourth-order valence-corrected chi connectivity index (χ4v) is 5.09. The highest BCUT2D eigenvalue weighted by molar-refractivity contribution is 7.89. The first kappa shape index (κ1) is 13.8. The number of nitrogens with zero attached hydrogens (tertiary/aromatic N) is 2. The molecule has 2 heterocycles. The van der Waals surface area contributed by atoms with Gasteiger partial charge in [0.1, 0.15) is 10.7 Å². The molecule has 0 amide bonds.